The molecule has 0 spiro atoms. The molecule has 2 aliphatic rings. The van der Waals surface area contributed by atoms with Gasteiger partial charge < -0.3 is 59.4 Å². The molecule has 0 aliphatic carbocycles. The molecule has 0 amide bonds. The largest absolute Gasteiger partial charge is 0.504 e. The maximum atomic E-state index is 13.0. The molecule has 0 unspecified atom stereocenters. The van der Waals surface area contributed by atoms with Gasteiger partial charge in [-0.1, -0.05) is 18.2 Å². The highest BCUT2D eigenvalue weighted by Gasteiger charge is 2.64. The number of phenolic OH excluding ortho intramolecular Hbond substituents is 6. The van der Waals surface area contributed by atoms with Crippen LogP contribution in [0.1, 0.15) is 23.1 Å². The number of hydrogen-bond acceptors (Lipinski definition) is 15. The van der Waals surface area contributed by atoms with Gasteiger partial charge in [-0.05, 0) is 71.3 Å². The third kappa shape index (κ3) is 8.56. The normalized spacial score (nSPS) is 22.7. The maximum absolute atomic E-state index is 13.0. The first-order valence-electron chi connectivity index (χ1n) is 15.0. The van der Waals surface area contributed by atoms with Gasteiger partial charge in [0.2, 0.25) is 0 Å². The highest BCUT2D eigenvalue weighted by atomic mass is 16.8. The van der Waals surface area contributed by atoms with Crippen LogP contribution < -0.4 is 0 Å². The highest BCUT2D eigenvalue weighted by molar-refractivity contribution is 5.89. The lowest BCUT2D eigenvalue weighted by molar-refractivity contribution is -0.250. The number of aromatic hydroxyl groups is 6. The zero-order valence-corrected chi connectivity index (χ0v) is 26.2. The summed E-state index contributed by atoms with van der Waals surface area (Å²) in [4.78, 5) is 50.9. The molecule has 16 nitrogen and oxygen atoms in total. The van der Waals surface area contributed by atoms with Crippen molar-refractivity contribution in [3.63, 3.8) is 0 Å². The second-order valence-electron chi connectivity index (χ2n) is 11.3. The average molecular weight is 707 g/mol. The zero-order valence-electron chi connectivity index (χ0n) is 26.2. The first-order chi connectivity index (χ1) is 24.2. The van der Waals surface area contributed by atoms with Crippen LogP contribution in [-0.2, 0) is 42.9 Å². The predicted octanol–water partition coefficient (Wildman–Crippen LogP) is 2.70. The van der Waals surface area contributed by atoms with Gasteiger partial charge in [-0.3, -0.25) is 0 Å². The summed E-state index contributed by atoms with van der Waals surface area (Å²) in [5, 5.41) is 67.7. The van der Waals surface area contributed by atoms with Crippen molar-refractivity contribution in [3.8, 4) is 34.5 Å². The number of carbonyl (C=O) groups is 4. The molecule has 7 N–H and O–H groups in total. The van der Waals surface area contributed by atoms with E-state index < -0.39 is 84.4 Å². The van der Waals surface area contributed by atoms with Crippen LogP contribution in [-0.4, -0.2) is 96.4 Å². The van der Waals surface area contributed by atoms with Crippen molar-refractivity contribution in [2.24, 2.45) is 0 Å². The summed E-state index contributed by atoms with van der Waals surface area (Å²) in [6.07, 6.45) is 0.192. The number of fused-ring (bicyclic) bond motifs is 2. The second-order valence-corrected chi connectivity index (χ2v) is 11.3. The fourth-order valence-electron chi connectivity index (χ4n) is 5.17. The van der Waals surface area contributed by atoms with Crippen LogP contribution in [0.3, 0.4) is 0 Å². The first-order valence-corrected chi connectivity index (χ1v) is 15.0. The SMILES string of the molecule is O=C(C=Cc1ccc(O)c(O)c1)OC[C@H]1O[C@@]2(C(=O)O)C[C@@H](OC(=O)C=Cc3ccc(O)c(O)c3)[C@@H](OC(=O)C=Cc3ccc(O)c(O)c3)[C@@H]1O2. The van der Waals surface area contributed by atoms with E-state index >= 15 is 0 Å². The highest BCUT2D eigenvalue weighted by Crippen LogP contribution is 2.43. The van der Waals surface area contributed by atoms with Crippen molar-refractivity contribution >= 4 is 42.1 Å². The van der Waals surface area contributed by atoms with Gasteiger partial charge in [0.1, 0.15) is 24.9 Å². The van der Waals surface area contributed by atoms with Crippen molar-refractivity contribution in [2.75, 3.05) is 6.61 Å². The summed E-state index contributed by atoms with van der Waals surface area (Å²) in [6, 6.07) is 11.3. The minimum absolute atomic E-state index is 0.296. The van der Waals surface area contributed by atoms with Gasteiger partial charge in [-0.2, -0.15) is 0 Å². The smallest absolute Gasteiger partial charge is 0.364 e. The Morgan fingerprint density at radius 2 is 1.10 bits per heavy atom. The van der Waals surface area contributed by atoms with Crippen molar-refractivity contribution in [1.82, 2.24) is 0 Å². The van der Waals surface area contributed by atoms with Crippen LogP contribution in [0.2, 0.25) is 0 Å². The van der Waals surface area contributed by atoms with Crippen molar-refractivity contribution in [3.05, 3.63) is 89.5 Å². The van der Waals surface area contributed by atoms with E-state index in [-0.39, 0.29) is 17.2 Å². The van der Waals surface area contributed by atoms with Gasteiger partial charge in [0.15, 0.2) is 40.6 Å². The summed E-state index contributed by atoms with van der Waals surface area (Å²) in [5.41, 5.74) is 0.933. The maximum Gasteiger partial charge on any atom is 0.364 e. The van der Waals surface area contributed by atoms with Gasteiger partial charge in [-0.15, -0.1) is 0 Å². The van der Waals surface area contributed by atoms with Gasteiger partial charge in [0, 0.05) is 18.2 Å². The number of rotatable bonds is 11. The van der Waals surface area contributed by atoms with Crippen LogP contribution in [0.4, 0.5) is 0 Å². The van der Waals surface area contributed by atoms with Crippen LogP contribution in [0.5, 0.6) is 34.5 Å². The molecule has 2 aliphatic heterocycles. The second kappa shape index (κ2) is 14.9. The average Bonchev–Trinajstić information content (AvgIpc) is 3.41. The molecule has 5 atom stereocenters. The monoisotopic (exact) mass is 706 g/mol. The number of phenols is 6. The number of carboxylic acid groups (broad SMARTS) is 1. The topological polar surface area (TPSA) is 256 Å². The molecule has 3 aromatic carbocycles. The number of benzene rings is 3. The summed E-state index contributed by atoms with van der Waals surface area (Å²) in [5.74, 6) is -9.42. The Bertz CT molecular complexity index is 1930. The van der Waals surface area contributed by atoms with E-state index in [1.54, 1.807) is 0 Å². The minimum atomic E-state index is -2.40. The third-order valence-corrected chi connectivity index (χ3v) is 7.66. The van der Waals surface area contributed by atoms with Crippen LogP contribution in [0.25, 0.3) is 18.2 Å². The lowest BCUT2D eigenvalue weighted by atomic mass is 9.95. The molecule has 0 radical (unpaired) electrons. The number of hydrogen-bond donors (Lipinski definition) is 7. The van der Waals surface area contributed by atoms with Gasteiger partial charge in [0.05, 0.1) is 6.42 Å². The molecule has 0 saturated carbocycles. The fourth-order valence-corrected chi connectivity index (χ4v) is 5.17. The van der Waals surface area contributed by atoms with Crippen molar-refractivity contribution in [2.45, 2.75) is 36.6 Å². The zero-order chi connectivity index (χ0) is 36.9. The molecule has 266 valence electrons. The number of esters is 3. The molecule has 0 aromatic heterocycles. The third-order valence-electron chi connectivity index (χ3n) is 7.66. The number of ether oxygens (including phenoxy) is 5. The molecule has 2 saturated heterocycles. The van der Waals surface area contributed by atoms with Gasteiger partial charge in [-0.25, -0.2) is 19.2 Å². The molecule has 5 rings (SSSR count). The van der Waals surface area contributed by atoms with E-state index in [0.29, 0.717) is 16.7 Å². The Hall–Kier alpha value is -6.52. The lowest BCUT2D eigenvalue weighted by Crippen LogP contribution is -2.56. The Kier molecular flexibility index (Phi) is 10.5. The summed E-state index contributed by atoms with van der Waals surface area (Å²) >= 11 is 0. The Balaban J connectivity index is 1.36. The number of carbonyl (C=O) groups excluding carboxylic acids is 3. The number of carboxylic acids is 1. The van der Waals surface area contributed by atoms with Crippen LogP contribution >= 0.6 is 0 Å². The first kappa shape index (κ1) is 35.8. The summed E-state index contributed by atoms with van der Waals surface area (Å²) in [6.45, 7) is -0.606. The quantitative estimate of drug-likeness (QED) is 0.0655. The molecular weight excluding hydrogens is 676 g/mol. The van der Waals surface area contributed by atoms with Crippen LogP contribution in [0, 0.1) is 0 Å². The van der Waals surface area contributed by atoms with E-state index in [0.717, 1.165) is 18.2 Å². The summed E-state index contributed by atoms with van der Waals surface area (Å²) in [7, 11) is 0. The van der Waals surface area contributed by atoms with Crippen LogP contribution in [0.15, 0.2) is 72.8 Å². The summed E-state index contributed by atoms with van der Waals surface area (Å²) < 4.78 is 27.8. The van der Waals surface area contributed by atoms with E-state index in [1.807, 2.05) is 0 Å². The van der Waals surface area contributed by atoms with Crippen molar-refractivity contribution < 1.29 is 78.6 Å². The number of aliphatic carboxylic acids is 1. The van der Waals surface area contributed by atoms with Crippen molar-refractivity contribution in [1.29, 1.82) is 0 Å². The molecule has 16 heteroatoms. The predicted molar refractivity (Wildman–Crippen MR) is 172 cm³/mol. The standard InChI is InChI=1S/C35H30O16/c36-21-7-1-18(13-24(21)39)4-10-29(42)47-17-28-33-32(49-31(44)12-6-20-3-9-23(38)26(41)15-20)27(16-35(50-28,51-33)34(45)46)48-30(43)11-5-19-2-8-22(37)25(40)14-19/h1-15,27-28,32-33,36-41H,16-17H2,(H,45,46)/t27-,28-,32-,33-,35+/m1/s1. The van der Waals surface area contributed by atoms with E-state index in [9.17, 15) is 54.9 Å². The van der Waals surface area contributed by atoms with E-state index in [4.69, 9.17) is 23.7 Å². The molecule has 2 bridgehead atoms. The molecule has 3 aromatic rings. The Labute approximate surface area is 287 Å². The Morgan fingerprint density at radius 1 is 0.647 bits per heavy atom. The molecule has 2 fully saturated rings. The lowest BCUT2D eigenvalue weighted by Gasteiger charge is -2.37. The Morgan fingerprint density at radius 3 is 1.55 bits per heavy atom. The van der Waals surface area contributed by atoms with E-state index in [1.165, 1.54) is 72.8 Å². The fraction of sp³-hybridized carbons (Fsp3) is 0.200. The molecular formula is C35H30O16. The van der Waals surface area contributed by atoms with Gasteiger partial charge >= 0.3 is 23.9 Å². The molecule has 2 heterocycles. The minimum Gasteiger partial charge on any atom is -0.504 e. The molecule has 51 heavy (non-hydrogen) atoms. The van der Waals surface area contributed by atoms with Gasteiger partial charge in [0.25, 0.3) is 5.79 Å². The van der Waals surface area contributed by atoms with E-state index in [2.05, 4.69) is 0 Å².